The van der Waals surface area contributed by atoms with Crippen LogP contribution in [0.4, 0.5) is 0 Å². The molecule has 73 heavy (non-hydrogen) atoms. The molecular weight excluding hydrogens is 877 g/mol. The highest BCUT2D eigenvalue weighted by atomic mass is 14.5. The van der Waals surface area contributed by atoms with E-state index >= 15 is 0 Å². The SMILES string of the molecule is CCCCCCCCC1(CCCCCCCC)c2cc(-c3c4ccccc4c(-c4c5ccccc5cc5ccccc45)c4ccccc34)ccc2-c2ccc(-c3ccc4ccc5cccc6ccc3c4c56)cc21. The normalized spacial score (nSPS) is 13.1. The fraction of sp³-hybridized carbons (Fsp3) is 0.233. The van der Waals surface area contributed by atoms with Crippen LogP contribution in [0.3, 0.4) is 0 Å². The zero-order chi connectivity index (χ0) is 48.9. The number of rotatable bonds is 17. The lowest BCUT2D eigenvalue weighted by Gasteiger charge is -2.33. The molecule has 0 saturated carbocycles. The monoisotopic (exact) mass is 943 g/mol. The molecule has 358 valence electrons. The van der Waals surface area contributed by atoms with Crippen LogP contribution in [0.5, 0.6) is 0 Å². The van der Waals surface area contributed by atoms with Crippen molar-refractivity contribution in [1.29, 1.82) is 0 Å². The number of fused-ring (bicyclic) bond motifs is 7. The average molecular weight is 943 g/mol. The lowest BCUT2D eigenvalue weighted by molar-refractivity contribution is 0.398. The van der Waals surface area contributed by atoms with E-state index in [0.717, 1.165) is 0 Å². The third-order valence-electron chi connectivity index (χ3n) is 17.4. The summed E-state index contributed by atoms with van der Waals surface area (Å²) in [5.74, 6) is 0. The lowest BCUT2D eigenvalue weighted by atomic mass is 9.69. The summed E-state index contributed by atoms with van der Waals surface area (Å²) in [7, 11) is 0. The minimum absolute atomic E-state index is 0.0938. The fourth-order valence-electron chi connectivity index (χ4n) is 13.9. The Balaban J connectivity index is 1.02. The van der Waals surface area contributed by atoms with Crippen LogP contribution < -0.4 is 0 Å². The maximum absolute atomic E-state index is 2.70. The largest absolute Gasteiger partial charge is 0.0654 e. The Kier molecular flexibility index (Phi) is 12.0. The first-order valence-corrected chi connectivity index (χ1v) is 28.0. The second-order valence-electron chi connectivity index (χ2n) is 21.6. The molecule has 0 aromatic heterocycles. The predicted octanol–water partition coefficient (Wildman–Crippen LogP) is 22.0. The molecule has 0 unspecified atom stereocenters. The molecule has 0 N–H and O–H groups in total. The summed E-state index contributed by atoms with van der Waals surface area (Å²) < 4.78 is 0. The second-order valence-corrected chi connectivity index (χ2v) is 21.6. The van der Waals surface area contributed by atoms with Gasteiger partial charge in [0.2, 0.25) is 0 Å². The topological polar surface area (TPSA) is 0 Å². The van der Waals surface area contributed by atoms with Gasteiger partial charge in [-0.25, -0.2) is 0 Å². The van der Waals surface area contributed by atoms with Crippen molar-refractivity contribution in [2.75, 3.05) is 0 Å². The van der Waals surface area contributed by atoms with Gasteiger partial charge in [0.25, 0.3) is 0 Å². The third kappa shape index (κ3) is 7.71. The van der Waals surface area contributed by atoms with Crippen LogP contribution in [0.1, 0.15) is 115 Å². The van der Waals surface area contributed by atoms with Gasteiger partial charge >= 0.3 is 0 Å². The van der Waals surface area contributed by atoms with Crippen LogP contribution >= 0.6 is 0 Å². The van der Waals surface area contributed by atoms with Crippen LogP contribution in [0, 0.1) is 0 Å². The Morgan fingerprint density at radius 1 is 0.274 bits per heavy atom. The van der Waals surface area contributed by atoms with Crippen LogP contribution in [-0.4, -0.2) is 0 Å². The Bertz CT molecular complexity index is 3870. The lowest BCUT2D eigenvalue weighted by Crippen LogP contribution is -2.25. The number of hydrogen-bond acceptors (Lipinski definition) is 0. The van der Waals surface area contributed by atoms with Crippen LogP contribution in [0.2, 0.25) is 0 Å². The molecule has 0 aliphatic heterocycles. The van der Waals surface area contributed by atoms with Crippen molar-refractivity contribution < 1.29 is 0 Å². The first kappa shape index (κ1) is 45.6. The fourth-order valence-corrected chi connectivity index (χ4v) is 13.9. The average Bonchev–Trinajstić information content (AvgIpc) is 3.70. The third-order valence-corrected chi connectivity index (χ3v) is 17.4. The maximum Gasteiger partial charge on any atom is 0.0215 e. The van der Waals surface area contributed by atoms with Crippen LogP contribution in [-0.2, 0) is 5.41 Å². The van der Waals surface area contributed by atoms with E-state index in [1.807, 2.05) is 0 Å². The van der Waals surface area contributed by atoms with E-state index in [4.69, 9.17) is 0 Å². The molecule has 1 aliphatic rings. The highest BCUT2D eigenvalue weighted by Crippen LogP contribution is 2.57. The molecule has 0 saturated heterocycles. The molecule has 1 aliphatic carbocycles. The molecule has 0 bridgehead atoms. The van der Waals surface area contributed by atoms with E-state index in [1.165, 1.54) is 210 Å². The highest BCUT2D eigenvalue weighted by molar-refractivity contribution is 6.28. The van der Waals surface area contributed by atoms with Crippen molar-refractivity contribution in [2.45, 2.75) is 109 Å². The quantitative estimate of drug-likeness (QED) is 0.0485. The van der Waals surface area contributed by atoms with Gasteiger partial charge in [-0.2, -0.15) is 0 Å². The molecule has 0 radical (unpaired) electrons. The van der Waals surface area contributed by atoms with Crippen molar-refractivity contribution in [1.82, 2.24) is 0 Å². The van der Waals surface area contributed by atoms with Crippen molar-refractivity contribution in [2.24, 2.45) is 0 Å². The molecule has 0 spiro atoms. The van der Waals surface area contributed by atoms with E-state index in [0.29, 0.717) is 0 Å². The van der Waals surface area contributed by atoms with Gasteiger partial charge in [-0.1, -0.05) is 267 Å². The van der Waals surface area contributed by atoms with E-state index in [9.17, 15) is 0 Å². The first-order chi connectivity index (χ1) is 36.1. The Hall–Kier alpha value is -7.28. The van der Waals surface area contributed by atoms with E-state index in [1.54, 1.807) is 11.1 Å². The van der Waals surface area contributed by atoms with Crippen molar-refractivity contribution in [3.05, 3.63) is 205 Å². The zero-order valence-electron chi connectivity index (χ0n) is 42.9. The van der Waals surface area contributed by atoms with E-state index in [2.05, 4.69) is 208 Å². The molecule has 12 aromatic carbocycles. The van der Waals surface area contributed by atoms with Crippen LogP contribution in [0.15, 0.2) is 194 Å². The number of benzene rings is 12. The smallest absolute Gasteiger partial charge is 0.0215 e. The van der Waals surface area contributed by atoms with Gasteiger partial charge in [0.05, 0.1) is 0 Å². The molecule has 0 heterocycles. The molecule has 0 fully saturated rings. The standard InChI is InChI=1S/C73H66/c1-3-5-7-9-11-21-44-73(45-22-12-10-8-6-4-2)66-47-54(56-40-36-51-35-34-49-26-23-27-50-37-43-65(56)70(51)68(49)50)38-41-59(66)60-42-39-55(48-67(60)73)69-61-30-17-19-32-63(61)72(64-33-20-18-31-62(64)69)71-57-28-15-13-24-52(57)46-53-25-14-16-29-58(53)71/h13-20,23-43,46-48H,3-12,21-22,44-45H2,1-2H3. The molecular formula is C73H66. The van der Waals surface area contributed by atoms with E-state index < -0.39 is 0 Å². The van der Waals surface area contributed by atoms with Gasteiger partial charge in [-0.15, -0.1) is 0 Å². The van der Waals surface area contributed by atoms with Gasteiger partial charge in [0, 0.05) is 5.41 Å². The molecule has 0 heteroatoms. The van der Waals surface area contributed by atoms with Gasteiger partial charge in [-0.3, -0.25) is 0 Å². The zero-order valence-corrected chi connectivity index (χ0v) is 42.9. The summed E-state index contributed by atoms with van der Waals surface area (Å²) in [6, 6.07) is 75.2. The van der Waals surface area contributed by atoms with Crippen molar-refractivity contribution in [3.8, 4) is 44.5 Å². The second kappa shape index (κ2) is 19.3. The summed E-state index contributed by atoms with van der Waals surface area (Å²) in [5.41, 5.74) is 13.9. The Morgan fingerprint density at radius 3 is 1.26 bits per heavy atom. The van der Waals surface area contributed by atoms with Gasteiger partial charge < -0.3 is 0 Å². The maximum atomic E-state index is 2.70. The summed E-state index contributed by atoms with van der Waals surface area (Å²) in [6.07, 6.45) is 17.9. The molecule has 12 aromatic rings. The summed E-state index contributed by atoms with van der Waals surface area (Å²) >= 11 is 0. The Labute approximate surface area is 432 Å². The number of hydrogen-bond donors (Lipinski definition) is 0. The summed E-state index contributed by atoms with van der Waals surface area (Å²) in [6.45, 7) is 4.67. The van der Waals surface area contributed by atoms with Crippen LogP contribution in [0.25, 0.3) is 120 Å². The number of unbranched alkanes of at least 4 members (excludes halogenated alkanes) is 10. The minimum Gasteiger partial charge on any atom is -0.0654 e. The minimum atomic E-state index is -0.0938. The van der Waals surface area contributed by atoms with Crippen molar-refractivity contribution >= 4 is 75.4 Å². The van der Waals surface area contributed by atoms with E-state index in [-0.39, 0.29) is 5.41 Å². The highest BCUT2D eigenvalue weighted by Gasteiger charge is 2.43. The first-order valence-electron chi connectivity index (χ1n) is 28.0. The summed E-state index contributed by atoms with van der Waals surface area (Å²) in [5, 5.41) is 18.5. The molecule has 0 atom stereocenters. The van der Waals surface area contributed by atoms with Crippen molar-refractivity contribution in [3.63, 3.8) is 0 Å². The van der Waals surface area contributed by atoms with Gasteiger partial charge in [-0.05, 0) is 162 Å². The predicted molar refractivity (Wildman–Crippen MR) is 319 cm³/mol. The van der Waals surface area contributed by atoms with Gasteiger partial charge in [0.15, 0.2) is 0 Å². The Morgan fingerprint density at radius 2 is 0.685 bits per heavy atom. The molecule has 13 rings (SSSR count). The van der Waals surface area contributed by atoms with Gasteiger partial charge in [0.1, 0.15) is 0 Å². The molecule has 0 amide bonds. The molecule has 0 nitrogen and oxygen atoms in total. The summed E-state index contributed by atoms with van der Waals surface area (Å²) in [4.78, 5) is 0.